The molecule has 0 N–H and O–H groups in total. The zero-order chi connectivity index (χ0) is 0. The fourth-order valence-corrected chi connectivity index (χ4v) is 0. The highest BCUT2D eigenvalue weighted by molar-refractivity contribution is 7.59. The summed E-state index contributed by atoms with van der Waals surface area (Å²) in [7, 11) is 0. The Labute approximate surface area is 38.3 Å². The largest absolute Gasteiger partial charge is 0.147 e. The van der Waals surface area contributed by atoms with Crippen LogP contribution in [0.3, 0.4) is 0 Å². The van der Waals surface area contributed by atoms with Crippen LogP contribution in [0.5, 0.6) is 0 Å². The first-order chi connectivity index (χ1) is 0. The first-order valence-corrected chi connectivity index (χ1v) is 0. The van der Waals surface area contributed by atoms with E-state index in [4.69, 9.17) is 0 Å². The van der Waals surface area contributed by atoms with E-state index in [1.807, 2.05) is 0 Å². The van der Waals surface area contributed by atoms with Crippen LogP contribution in [0.1, 0.15) is 0 Å². The second kappa shape index (κ2) is 74.4. The molecule has 0 aliphatic carbocycles. The molecule has 0 saturated heterocycles. The van der Waals surface area contributed by atoms with Gasteiger partial charge in [0.25, 0.3) is 0 Å². The molecule has 0 aromatic carbocycles. The second-order valence-electron chi connectivity index (χ2n) is 0. The SMILES string of the molecule is Cl.[N].[O].[SH]. The van der Waals surface area contributed by atoms with Gasteiger partial charge in [-0.05, 0) is 0 Å². The fraction of sp³-hybridized carbons (Fsp3) is 0. The molecule has 0 rings (SSSR count). The molecule has 26 valence electrons. The van der Waals surface area contributed by atoms with Crippen LogP contribution in [-0.2, 0) is 5.48 Å². The molecule has 0 bridgehead atoms. The van der Waals surface area contributed by atoms with E-state index in [1.165, 1.54) is 0 Å². The first-order valence-electron chi connectivity index (χ1n) is 0. The topological polar surface area (TPSA) is 59.0 Å². The molecule has 0 aromatic rings. The zero-order valence-corrected chi connectivity index (χ0v) is 3.42. The highest BCUT2D eigenvalue weighted by Gasteiger charge is 0.00103. The minimum Gasteiger partial charge on any atom is -0.147 e. The van der Waals surface area contributed by atoms with Gasteiger partial charge in [-0.2, -0.15) is 0 Å². The van der Waals surface area contributed by atoms with Crippen molar-refractivity contribution >= 4 is 25.9 Å². The van der Waals surface area contributed by atoms with E-state index in [2.05, 4.69) is 0 Å². The molecule has 0 aliphatic heterocycles. The van der Waals surface area contributed by atoms with Crippen molar-refractivity contribution in [3.8, 4) is 0 Å². The molecule has 0 aliphatic rings. The van der Waals surface area contributed by atoms with Crippen molar-refractivity contribution in [3.05, 3.63) is 0 Å². The molecule has 0 saturated carbocycles. The maximum atomic E-state index is 0. The highest BCUT2D eigenvalue weighted by Crippen LogP contribution is 0.690. The molecule has 0 aromatic heterocycles. The summed E-state index contributed by atoms with van der Waals surface area (Å²) in [5, 5.41) is 0. The highest BCUT2D eigenvalue weighted by atomic mass is 35.5. The summed E-state index contributed by atoms with van der Waals surface area (Å²) < 4.78 is 0. The van der Waals surface area contributed by atoms with Crippen molar-refractivity contribution in [3.63, 3.8) is 0 Å². The maximum Gasteiger partial charge on any atom is 0 e. The minimum atomic E-state index is 0. The Hall–Kier alpha value is 0.560. The van der Waals surface area contributed by atoms with Crippen molar-refractivity contribution in [2.24, 2.45) is 0 Å². The average Bonchev–Trinajstić information content (AvgIpc) is 0. The molecular weight excluding hydrogens is 97.5 g/mol. The van der Waals surface area contributed by atoms with Gasteiger partial charge in [-0.3, -0.25) is 0 Å². The number of halogens is 1. The Morgan fingerprint density at radius 1 is 1.00 bits per heavy atom. The first kappa shape index (κ1) is 184. The summed E-state index contributed by atoms with van der Waals surface area (Å²) in [5.74, 6) is 0. The Morgan fingerprint density at radius 3 is 1.00 bits per heavy atom. The number of hydrogen-bond donors (Lipinski definition) is 1. The molecule has 0 unspecified atom stereocenters. The molecule has 0 atom stereocenters. The van der Waals surface area contributed by atoms with Crippen LogP contribution in [0.25, 0.3) is 0 Å². The van der Waals surface area contributed by atoms with Crippen LogP contribution in [0, 0.1) is 0 Å². The van der Waals surface area contributed by atoms with Gasteiger partial charge < -0.3 is 0 Å². The van der Waals surface area contributed by atoms with Gasteiger partial charge in [0.05, 0.1) is 0 Å². The van der Waals surface area contributed by atoms with Gasteiger partial charge in [-0.15, -0.1) is 25.9 Å². The predicted molar refractivity (Wildman–Crippen MR) is 19.1 cm³/mol. The predicted octanol–water partition coefficient (Wildman–Crippen LogP) is 0.203. The number of rotatable bonds is 0. The number of nitrogens with zero attached hydrogens (tertiary/aromatic N) is 1. The molecule has 6 radical (unpaired) electrons. The smallest absolute Gasteiger partial charge is 0 e. The van der Waals surface area contributed by atoms with E-state index < -0.39 is 0 Å². The lowest BCUT2D eigenvalue weighted by Crippen LogP contribution is -0.481. The van der Waals surface area contributed by atoms with Gasteiger partial charge in [0, 0.05) is 11.6 Å². The van der Waals surface area contributed by atoms with Gasteiger partial charge in [0.1, 0.15) is 0 Å². The monoisotopic (exact) mass is 99.0 g/mol. The summed E-state index contributed by atoms with van der Waals surface area (Å²) in [6.45, 7) is 0. The standard InChI is InChI=1S/ClH.N.O.HS/h1H;;;1H. The summed E-state index contributed by atoms with van der Waals surface area (Å²) in [6.07, 6.45) is 0. The lowest BCUT2D eigenvalue weighted by Gasteiger charge is -0.147. The van der Waals surface area contributed by atoms with E-state index in [-0.39, 0.29) is 37.5 Å². The van der Waals surface area contributed by atoms with E-state index in [0.29, 0.717) is 0 Å². The Morgan fingerprint density at radius 2 is 1.00 bits per heavy atom. The van der Waals surface area contributed by atoms with Gasteiger partial charge in [0.15, 0.2) is 0 Å². The number of hydrogen-bond acceptors (Lipinski definition) is 0. The van der Waals surface area contributed by atoms with Crippen LogP contribution in [0.4, 0.5) is 0 Å². The summed E-state index contributed by atoms with van der Waals surface area (Å²) in [4.78, 5) is 0. The lowest BCUT2D eigenvalue weighted by atomic mass is 14.0. The van der Waals surface area contributed by atoms with Crippen LogP contribution in [0.2, 0.25) is 0 Å². The second-order valence-corrected chi connectivity index (χ2v) is 0. The fourth-order valence-electron chi connectivity index (χ4n) is 0. The van der Waals surface area contributed by atoms with E-state index >= 15 is 0 Å². The van der Waals surface area contributed by atoms with Crippen molar-refractivity contribution in [2.75, 3.05) is 0 Å². The molecule has 2 nitrogen and oxygen atoms in total. The molecule has 0 spiro atoms. The molecule has 4 heteroatoms. The van der Waals surface area contributed by atoms with Crippen LogP contribution < -0.4 is 6.15 Å². The third-order valence-electron chi connectivity index (χ3n) is 0. The van der Waals surface area contributed by atoms with Gasteiger partial charge in [0.2, 0.25) is 0 Å². The van der Waals surface area contributed by atoms with Gasteiger partial charge >= 0.3 is 0 Å². The van der Waals surface area contributed by atoms with Crippen molar-refractivity contribution in [1.82, 2.24) is 6.15 Å². The normalized spacial score (nSPS) is 0. The summed E-state index contributed by atoms with van der Waals surface area (Å²) in [6, 6.07) is 0. The maximum absolute atomic E-state index is 0. The van der Waals surface area contributed by atoms with Crippen molar-refractivity contribution < 1.29 is 5.48 Å². The summed E-state index contributed by atoms with van der Waals surface area (Å²) in [5.41, 5.74) is 0. The Balaban J connectivity index is 0. The number of thiol groups is 1. The molecular formula is H2ClNOS. The van der Waals surface area contributed by atoms with Crippen LogP contribution in [0.15, 0.2) is 0 Å². The van der Waals surface area contributed by atoms with Crippen molar-refractivity contribution in [1.29, 1.82) is 0 Å². The van der Waals surface area contributed by atoms with Crippen LogP contribution in [-0.4, -0.2) is 0 Å². The zero-order valence-electron chi connectivity index (χ0n) is 1.71. The quantitative estimate of drug-likeness (QED) is 0.422. The Kier molecular flexibility index (Phi) is 3430. The lowest BCUT2D eigenvalue weighted by molar-refractivity contribution is 0.686. The van der Waals surface area contributed by atoms with E-state index in [9.17, 15) is 0 Å². The van der Waals surface area contributed by atoms with Crippen LogP contribution >= 0.6 is 25.9 Å². The molecule has 0 fully saturated rings. The van der Waals surface area contributed by atoms with Gasteiger partial charge in [-0.25, -0.2) is 0 Å². The third-order valence-corrected chi connectivity index (χ3v) is 0. The minimum absolute atomic E-state index is 0. The van der Waals surface area contributed by atoms with E-state index in [1.54, 1.807) is 0 Å². The molecule has 0 heterocycles. The average molecular weight is 99.5 g/mol. The van der Waals surface area contributed by atoms with Crippen molar-refractivity contribution in [2.45, 2.75) is 0 Å². The third kappa shape index (κ3) is 19.9. The Bertz CT molecular complexity index is 8.00. The van der Waals surface area contributed by atoms with E-state index in [0.717, 1.165) is 0 Å². The summed E-state index contributed by atoms with van der Waals surface area (Å²) >= 11 is 0. The van der Waals surface area contributed by atoms with Gasteiger partial charge in [-0.1, -0.05) is 0 Å². The molecule has 4 heavy (non-hydrogen) atoms. The molecule has 0 amide bonds.